The van der Waals surface area contributed by atoms with E-state index in [0.717, 1.165) is 145 Å². The minimum atomic E-state index is -1.21. The molecule has 118 heavy (non-hydrogen) atoms. The second kappa shape index (κ2) is 27.1. The van der Waals surface area contributed by atoms with E-state index in [9.17, 15) is 15.3 Å². The second-order valence-electron chi connectivity index (χ2n) is 35.1. The number of aromatic amines is 2. The molecule has 3 atom stereocenters. The molecule has 19 rings (SSSR count). The molecule has 0 saturated heterocycles. The predicted octanol–water partition coefficient (Wildman–Crippen LogP) is 23.9. The van der Waals surface area contributed by atoms with Crippen molar-refractivity contribution in [1.82, 2.24) is 24.9 Å². The van der Waals surface area contributed by atoms with Crippen LogP contribution in [0.1, 0.15) is 144 Å². The van der Waals surface area contributed by atoms with Crippen molar-refractivity contribution in [2.75, 3.05) is 11.9 Å². The normalized spacial score (nSPS) is 18.6. The van der Waals surface area contributed by atoms with Crippen LogP contribution in [0.5, 0.6) is 0 Å². The lowest BCUT2D eigenvalue weighted by Gasteiger charge is -2.59. The zero-order valence-electron chi connectivity index (χ0n) is 68.7. The molecule has 9 aliphatic rings. The van der Waals surface area contributed by atoms with Gasteiger partial charge in [0, 0.05) is 78.2 Å². The maximum absolute atomic E-state index is 15.3. The average molecular weight is 1530 g/mol. The van der Waals surface area contributed by atoms with Crippen LogP contribution in [-0.2, 0) is 14.9 Å². The van der Waals surface area contributed by atoms with Gasteiger partial charge in [0.1, 0.15) is 12.1 Å². The number of nitrogens with one attached hydrogen (secondary N) is 3. The first-order chi connectivity index (χ1) is 56.7. The number of nitriles is 2. The molecule has 0 saturated carbocycles. The number of carbonyl (C=O) groups excluding carboxylic acids is 2. The predicted molar refractivity (Wildman–Crippen MR) is 478 cm³/mol. The van der Waals surface area contributed by atoms with E-state index in [1.54, 1.807) is 11.1 Å². The molecule has 574 valence electrons. The zero-order valence-corrected chi connectivity index (χ0v) is 68.7. The Morgan fingerprint density at radius 3 is 1.47 bits per heavy atom. The highest BCUT2D eigenvalue weighted by molar-refractivity contribution is 6.10. The van der Waals surface area contributed by atoms with Crippen molar-refractivity contribution >= 4 is 81.3 Å². The monoisotopic (exact) mass is 1530 g/mol. The number of hydrogen-bond donors (Lipinski definition) is 3. The van der Waals surface area contributed by atoms with E-state index in [-0.39, 0.29) is 34.1 Å². The molecule has 7 aromatic carbocycles. The number of H-pyrrole nitrogens is 2. The standard InChI is InChI=1S/C106H87N9O3/c1-59-48-61(3)93(62(4)49-59)97-88-41-37-84(111-88)95(65-29-31-67(32-30-65)101(117)118-47-21-22-68-52-71-53-69(102(7,8)9)55-81-75-25-15-16-26-76(75)82-56-70(103(10,11)12)54-80(68)105(82,14)104(71,81)13)85-38-42-89(112-85)98(94-63(5)50-60(2)51-64(94)6)91-44-40-87(114-91)96(86-39-43-90(97)113-86)66-33-35-72(36-34-66)110-100(116)77-45-46-109-115-92(58-108)83(57-107)106(99(77)115)78-27-19-17-23-73(78)74-24-18-20-28-79(74)106/h15-20,23-46,48-56,99,111,114H,47H2,1-14H3,(H,110,116)/t99?,104-,105-/m0/s1. The Kier molecular flexibility index (Phi) is 17.0. The van der Waals surface area contributed by atoms with E-state index < -0.39 is 28.7 Å². The number of fused-ring (bicyclic) bond motifs is 18. The number of anilines is 1. The first-order valence-electron chi connectivity index (χ1n) is 40.4. The lowest BCUT2D eigenvalue weighted by molar-refractivity contribution is -0.113. The van der Waals surface area contributed by atoms with Crippen LogP contribution in [0.4, 0.5) is 5.69 Å². The van der Waals surface area contributed by atoms with Gasteiger partial charge in [-0.25, -0.2) is 19.8 Å². The van der Waals surface area contributed by atoms with Gasteiger partial charge < -0.3 is 20.0 Å². The highest BCUT2D eigenvalue weighted by Crippen LogP contribution is 2.72. The largest absolute Gasteiger partial charge is 0.449 e. The maximum atomic E-state index is 15.3. The molecular weight excluding hydrogens is 1450 g/mol. The number of aryl methyl sites for hydroxylation is 6. The number of rotatable bonds is 8. The summed E-state index contributed by atoms with van der Waals surface area (Å²) in [6.07, 6.45) is 23.6. The fraction of sp³-hybridized carbons (Fsp3) is 0.198. The first kappa shape index (κ1) is 74.1. The van der Waals surface area contributed by atoms with Gasteiger partial charge in [-0.05, 0) is 249 Å². The van der Waals surface area contributed by atoms with E-state index >= 15 is 4.79 Å². The Labute approximate surface area is 688 Å². The first-order valence-corrected chi connectivity index (χ1v) is 40.4. The van der Waals surface area contributed by atoms with Gasteiger partial charge in [0.15, 0.2) is 12.3 Å². The van der Waals surface area contributed by atoms with Gasteiger partial charge >= 0.3 is 5.97 Å². The Balaban J connectivity index is 0.705. The van der Waals surface area contributed by atoms with Crippen molar-refractivity contribution in [3.8, 4) is 79.6 Å². The van der Waals surface area contributed by atoms with Gasteiger partial charge in [0.2, 0.25) is 0 Å². The molecule has 3 N–H and O–H groups in total. The van der Waals surface area contributed by atoms with Gasteiger partial charge in [0.25, 0.3) is 5.91 Å². The van der Waals surface area contributed by atoms with Crippen LogP contribution in [0, 0.1) is 97.7 Å². The Morgan fingerprint density at radius 1 is 0.525 bits per heavy atom. The van der Waals surface area contributed by atoms with Crippen LogP contribution in [0.2, 0.25) is 0 Å². The number of hydrazone groups is 1. The lowest BCUT2D eigenvalue weighted by atomic mass is 9.42. The summed E-state index contributed by atoms with van der Waals surface area (Å²) in [5.74, 6) is 6.06. The summed E-state index contributed by atoms with van der Waals surface area (Å²) >= 11 is 0. The van der Waals surface area contributed by atoms with Crippen LogP contribution < -0.4 is 5.32 Å². The van der Waals surface area contributed by atoms with Crippen LogP contribution >= 0.6 is 0 Å². The number of carbonyl (C=O) groups is 2. The van der Waals surface area contributed by atoms with E-state index in [1.165, 1.54) is 50.8 Å². The molecule has 1 amide bonds. The summed E-state index contributed by atoms with van der Waals surface area (Å²) in [7, 11) is 0. The SMILES string of the molecule is Cc1cc(C)c(-c2c3nc(c(-c4ccc(C(=O)OCC#CC5=C6C=C(C(C)(C)C)C=C7c8ccccc8C8=CC(C(C)(C)C)=CC(=C5)[C@]8(C)[C@]76C)cc4)c4ccc([nH]4)c(-c4c(C)cc(C)cc4C)c4nc(c(-c5ccc(NC(=O)C6=CC=NN7C(C#N)=C(C#N)C8(c9ccccc9-c9ccccc98)C67)cc5)c5ccc2[nH]5)C=C4)C=C3)c(C)c1. The van der Waals surface area contributed by atoms with Crippen LogP contribution in [0.15, 0.2) is 256 Å². The summed E-state index contributed by atoms with van der Waals surface area (Å²) in [4.78, 5) is 49.0. The highest BCUT2D eigenvalue weighted by Gasteiger charge is 2.63. The third kappa shape index (κ3) is 11.2. The second-order valence-corrected chi connectivity index (χ2v) is 35.1. The molecular formula is C106H87N9O3. The molecule has 8 bridgehead atoms. The summed E-state index contributed by atoms with van der Waals surface area (Å²) < 4.78 is 6.13. The van der Waals surface area contributed by atoms with Crippen molar-refractivity contribution in [2.45, 2.75) is 108 Å². The minimum absolute atomic E-state index is 0.101. The molecule has 0 radical (unpaired) electrons. The fourth-order valence-electron chi connectivity index (χ4n) is 20.4. The Morgan fingerprint density at radius 2 is 0.983 bits per heavy atom. The highest BCUT2D eigenvalue weighted by atomic mass is 16.5. The molecule has 12 nitrogen and oxygen atoms in total. The van der Waals surface area contributed by atoms with Gasteiger partial charge in [0.05, 0.1) is 45.4 Å². The smallest absolute Gasteiger partial charge is 0.339 e. The van der Waals surface area contributed by atoms with E-state index in [4.69, 9.17) is 19.8 Å². The van der Waals surface area contributed by atoms with Gasteiger partial charge in [-0.2, -0.15) is 15.6 Å². The topological polar surface area (TPSA) is 176 Å². The third-order valence-electron chi connectivity index (χ3n) is 25.9. The molecule has 10 aromatic rings. The van der Waals surface area contributed by atoms with Crippen molar-refractivity contribution in [1.29, 1.82) is 10.5 Å². The van der Waals surface area contributed by atoms with Crippen molar-refractivity contribution in [3.63, 3.8) is 0 Å². The number of nitrogens with zero attached hydrogens (tertiary/aromatic N) is 6. The summed E-state index contributed by atoms with van der Waals surface area (Å²) in [6, 6.07) is 61.5. The van der Waals surface area contributed by atoms with Crippen molar-refractivity contribution in [2.24, 2.45) is 26.8 Å². The molecule has 4 aliphatic heterocycles. The van der Waals surface area contributed by atoms with Crippen molar-refractivity contribution < 1.29 is 14.3 Å². The average Bonchev–Trinajstić information content (AvgIpc) is 0.702. The number of esters is 1. The minimum Gasteiger partial charge on any atom is -0.449 e. The maximum Gasteiger partial charge on any atom is 0.339 e. The number of benzene rings is 7. The third-order valence-corrected chi connectivity index (χ3v) is 25.9. The Bertz CT molecular complexity index is 6810. The molecule has 7 heterocycles. The number of hydrogen-bond acceptors (Lipinski definition) is 9. The molecule has 12 heteroatoms. The molecule has 0 fully saturated rings. The number of aromatic nitrogens is 4. The summed E-state index contributed by atoms with van der Waals surface area (Å²) in [5, 5.41) is 31.4. The van der Waals surface area contributed by atoms with Gasteiger partial charge in [-0.15, -0.1) is 0 Å². The summed E-state index contributed by atoms with van der Waals surface area (Å²) in [5.41, 5.74) is 34.1. The quantitative estimate of drug-likeness (QED) is 0.0995. The van der Waals surface area contributed by atoms with Crippen LogP contribution in [-0.4, -0.2) is 55.7 Å². The molecule has 5 aliphatic carbocycles. The van der Waals surface area contributed by atoms with Gasteiger partial charge in [-0.1, -0.05) is 224 Å². The summed E-state index contributed by atoms with van der Waals surface area (Å²) in [6.45, 7) is 31.3. The van der Waals surface area contributed by atoms with Crippen LogP contribution in [0.3, 0.4) is 0 Å². The number of amides is 1. The van der Waals surface area contributed by atoms with Crippen LogP contribution in [0.25, 0.3) is 113 Å². The zero-order chi connectivity index (χ0) is 82.0. The number of allylic oxidation sites excluding steroid dienone is 14. The molecule has 3 aromatic heterocycles. The molecule has 1 spiro atoms. The van der Waals surface area contributed by atoms with Gasteiger partial charge in [-0.3, -0.25) is 4.79 Å². The van der Waals surface area contributed by atoms with E-state index in [1.807, 2.05) is 97.1 Å². The lowest BCUT2D eigenvalue weighted by Crippen LogP contribution is -2.49. The van der Waals surface area contributed by atoms with E-state index in [2.05, 4.69) is 264 Å². The molecule has 1 unspecified atom stereocenters. The Hall–Kier alpha value is -14.0. The number of ether oxygens (including phenoxy) is 1. The van der Waals surface area contributed by atoms with E-state index in [0.29, 0.717) is 22.5 Å². The fourth-order valence-corrected chi connectivity index (χ4v) is 20.4. The van der Waals surface area contributed by atoms with Crippen molar-refractivity contribution in [3.05, 3.63) is 335 Å².